The minimum Gasteiger partial charge on any atom is -0.353 e. The molecule has 1 aromatic heterocycles. The molecule has 1 aromatic carbocycles. The van der Waals surface area contributed by atoms with Gasteiger partial charge in [-0.25, -0.2) is 4.98 Å². The summed E-state index contributed by atoms with van der Waals surface area (Å²) in [6.07, 6.45) is 1.55. The topological polar surface area (TPSA) is 46.9 Å². The molecule has 0 saturated heterocycles. The molecule has 0 aliphatic rings. The van der Waals surface area contributed by atoms with E-state index in [1.165, 1.54) is 0 Å². The van der Waals surface area contributed by atoms with Crippen molar-refractivity contribution in [1.29, 1.82) is 0 Å². The van der Waals surface area contributed by atoms with E-state index in [9.17, 15) is 18.0 Å². The zero-order valence-corrected chi connectivity index (χ0v) is 12.0. The molecule has 4 nitrogen and oxygen atoms in total. The zero-order valence-electron chi connectivity index (χ0n) is 11.2. The lowest BCUT2D eigenvalue weighted by molar-refractivity contribution is -0.123. The van der Waals surface area contributed by atoms with Gasteiger partial charge in [-0.15, -0.1) is 0 Å². The molecule has 0 saturated carbocycles. The molecule has 0 aliphatic carbocycles. The minimum absolute atomic E-state index is 0.0278. The third-order valence-electron chi connectivity index (χ3n) is 2.94. The Morgan fingerprint density at radius 1 is 1.43 bits per heavy atom. The predicted molar refractivity (Wildman–Crippen MR) is 76.0 cm³/mol. The molecule has 0 bridgehead atoms. The number of benzene rings is 1. The first kappa shape index (κ1) is 15.7. The summed E-state index contributed by atoms with van der Waals surface area (Å²) in [7, 11) is 0. The van der Waals surface area contributed by atoms with Crippen molar-refractivity contribution in [3.8, 4) is 0 Å². The molecule has 2 aromatic rings. The van der Waals surface area contributed by atoms with Crippen LogP contribution in [0.25, 0.3) is 11.0 Å². The fraction of sp³-hybridized carbons (Fsp3) is 0.385. The van der Waals surface area contributed by atoms with Gasteiger partial charge in [-0.05, 0) is 30.8 Å². The maximum absolute atomic E-state index is 12.0. The number of rotatable bonds is 5. The van der Waals surface area contributed by atoms with Crippen LogP contribution in [0, 0.1) is 0 Å². The van der Waals surface area contributed by atoms with Gasteiger partial charge in [0.1, 0.15) is 6.04 Å². The first-order valence-corrected chi connectivity index (χ1v) is 7.27. The first-order chi connectivity index (χ1) is 9.88. The molecule has 1 atom stereocenters. The molecule has 21 heavy (non-hydrogen) atoms. The van der Waals surface area contributed by atoms with Crippen molar-refractivity contribution in [2.45, 2.75) is 18.5 Å². The van der Waals surface area contributed by atoms with E-state index in [0.717, 1.165) is 11.0 Å². The highest BCUT2D eigenvalue weighted by Crippen LogP contribution is 2.29. The number of alkyl halides is 3. The Hall–Kier alpha value is -1.70. The van der Waals surface area contributed by atoms with E-state index in [4.69, 9.17) is 0 Å². The number of nitrogens with one attached hydrogen (secondary N) is 1. The van der Waals surface area contributed by atoms with Crippen molar-refractivity contribution >= 4 is 28.7 Å². The second-order valence-corrected chi connectivity index (χ2v) is 5.56. The standard InChI is InChI=1S/C13H14F3N3OS/c1-9(12(20)17-6-7-21-13(14,15)16)19-8-18-10-4-2-3-5-11(10)19/h2-5,8-9H,6-7H2,1H3,(H,17,20). The normalized spacial score (nSPS) is 13.3. The average Bonchev–Trinajstić information content (AvgIpc) is 2.85. The van der Waals surface area contributed by atoms with Gasteiger partial charge in [-0.2, -0.15) is 13.2 Å². The number of nitrogens with zero attached hydrogens (tertiary/aromatic N) is 2. The van der Waals surface area contributed by atoms with Crippen LogP contribution in [0.5, 0.6) is 0 Å². The summed E-state index contributed by atoms with van der Waals surface area (Å²) in [5, 5.41) is 2.50. The van der Waals surface area contributed by atoms with E-state index >= 15 is 0 Å². The molecule has 8 heteroatoms. The number of fused-ring (bicyclic) bond motifs is 1. The first-order valence-electron chi connectivity index (χ1n) is 6.28. The lowest BCUT2D eigenvalue weighted by Crippen LogP contribution is -2.32. The van der Waals surface area contributed by atoms with E-state index in [0.29, 0.717) is 0 Å². The summed E-state index contributed by atoms with van der Waals surface area (Å²) >= 11 is -0.147. The number of para-hydroxylation sites is 2. The molecule has 1 heterocycles. The van der Waals surface area contributed by atoms with Gasteiger partial charge in [0.15, 0.2) is 0 Å². The van der Waals surface area contributed by atoms with E-state index in [-0.39, 0.29) is 30.0 Å². The van der Waals surface area contributed by atoms with Crippen molar-refractivity contribution in [2.24, 2.45) is 0 Å². The van der Waals surface area contributed by atoms with Gasteiger partial charge >= 0.3 is 5.51 Å². The smallest absolute Gasteiger partial charge is 0.353 e. The third kappa shape index (κ3) is 4.13. The summed E-state index contributed by atoms with van der Waals surface area (Å²) in [5.41, 5.74) is -2.69. The molecule has 0 spiro atoms. The van der Waals surface area contributed by atoms with Crippen molar-refractivity contribution in [3.63, 3.8) is 0 Å². The monoisotopic (exact) mass is 317 g/mol. The molecule has 1 unspecified atom stereocenters. The molecule has 1 amide bonds. The Bertz CT molecular complexity index is 626. The van der Waals surface area contributed by atoms with E-state index in [1.54, 1.807) is 17.8 Å². The Morgan fingerprint density at radius 2 is 2.14 bits per heavy atom. The predicted octanol–water partition coefficient (Wildman–Crippen LogP) is 2.97. The van der Waals surface area contributed by atoms with Crippen LogP contribution < -0.4 is 5.32 Å². The highest BCUT2D eigenvalue weighted by Gasteiger charge is 2.27. The molecule has 114 valence electrons. The van der Waals surface area contributed by atoms with Crippen molar-refractivity contribution in [1.82, 2.24) is 14.9 Å². The SMILES string of the molecule is CC(C(=O)NCCSC(F)(F)F)n1cnc2ccccc21. The molecule has 0 fully saturated rings. The van der Waals surface area contributed by atoms with Crippen LogP contribution in [0.15, 0.2) is 30.6 Å². The van der Waals surface area contributed by atoms with Crippen LogP contribution in [0.2, 0.25) is 0 Å². The molecule has 1 N–H and O–H groups in total. The van der Waals surface area contributed by atoms with Crippen LogP contribution in [0.4, 0.5) is 13.2 Å². The Morgan fingerprint density at radius 3 is 2.86 bits per heavy atom. The maximum atomic E-state index is 12.0. The van der Waals surface area contributed by atoms with Gasteiger partial charge in [-0.3, -0.25) is 4.79 Å². The highest BCUT2D eigenvalue weighted by molar-refractivity contribution is 8.00. The summed E-state index contributed by atoms with van der Waals surface area (Å²) < 4.78 is 37.6. The number of hydrogen-bond acceptors (Lipinski definition) is 3. The Kier molecular flexibility index (Phi) is 4.76. The third-order valence-corrected chi connectivity index (χ3v) is 3.68. The average molecular weight is 317 g/mol. The number of carbonyl (C=O) groups excluding carboxylic acids is 1. The minimum atomic E-state index is -4.27. The largest absolute Gasteiger partial charge is 0.441 e. The van der Waals surface area contributed by atoms with Gasteiger partial charge in [-0.1, -0.05) is 12.1 Å². The second-order valence-electron chi connectivity index (χ2n) is 4.40. The molecule has 0 aliphatic heterocycles. The number of halogens is 3. The summed E-state index contributed by atoms with van der Waals surface area (Å²) in [6.45, 7) is 1.65. The van der Waals surface area contributed by atoms with Gasteiger partial charge in [0, 0.05) is 12.3 Å². The fourth-order valence-electron chi connectivity index (χ4n) is 1.90. The number of carbonyl (C=O) groups is 1. The zero-order chi connectivity index (χ0) is 15.5. The number of thioether (sulfide) groups is 1. The lowest BCUT2D eigenvalue weighted by atomic mass is 10.2. The van der Waals surface area contributed by atoms with Gasteiger partial charge < -0.3 is 9.88 Å². The molecule has 2 rings (SSSR count). The van der Waals surface area contributed by atoms with Crippen LogP contribution in [-0.2, 0) is 4.79 Å². The number of amides is 1. The summed E-state index contributed by atoms with van der Waals surface area (Å²) in [6, 6.07) is 6.82. The van der Waals surface area contributed by atoms with Crippen molar-refractivity contribution < 1.29 is 18.0 Å². The fourth-order valence-corrected chi connectivity index (χ4v) is 2.34. The summed E-state index contributed by atoms with van der Waals surface area (Å²) in [4.78, 5) is 16.1. The van der Waals surface area contributed by atoms with Crippen LogP contribution >= 0.6 is 11.8 Å². The van der Waals surface area contributed by atoms with Crippen LogP contribution in [-0.4, -0.2) is 33.3 Å². The highest BCUT2D eigenvalue weighted by atomic mass is 32.2. The quantitative estimate of drug-likeness (QED) is 0.863. The number of aromatic nitrogens is 2. The van der Waals surface area contributed by atoms with E-state index in [1.807, 2.05) is 24.3 Å². The van der Waals surface area contributed by atoms with Gasteiger partial charge in [0.25, 0.3) is 0 Å². The molecule has 0 radical (unpaired) electrons. The molecular formula is C13H14F3N3OS. The van der Waals surface area contributed by atoms with Crippen molar-refractivity contribution in [3.05, 3.63) is 30.6 Å². The van der Waals surface area contributed by atoms with Crippen LogP contribution in [0.1, 0.15) is 13.0 Å². The number of imidazole rings is 1. The van der Waals surface area contributed by atoms with Crippen LogP contribution in [0.3, 0.4) is 0 Å². The summed E-state index contributed by atoms with van der Waals surface area (Å²) in [5.74, 6) is -0.534. The second kappa shape index (κ2) is 6.38. The Labute approximate surface area is 123 Å². The van der Waals surface area contributed by atoms with Gasteiger partial charge in [0.2, 0.25) is 5.91 Å². The van der Waals surface area contributed by atoms with Crippen molar-refractivity contribution in [2.75, 3.05) is 12.3 Å². The number of hydrogen-bond donors (Lipinski definition) is 1. The Balaban J connectivity index is 1.93. The van der Waals surface area contributed by atoms with E-state index in [2.05, 4.69) is 10.3 Å². The molecular weight excluding hydrogens is 303 g/mol. The van der Waals surface area contributed by atoms with Gasteiger partial charge in [0.05, 0.1) is 17.4 Å². The lowest BCUT2D eigenvalue weighted by Gasteiger charge is -2.14. The van der Waals surface area contributed by atoms with E-state index < -0.39 is 11.6 Å². The maximum Gasteiger partial charge on any atom is 0.441 e.